The molecule has 3 heterocycles. The molecule has 0 aliphatic carbocycles. The minimum atomic E-state index is -0.905. The first-order chi connectivity index (χ1) is 15.4. The topological polar surface area (TPSA) is 118 Å². The lowest BCUT2D eigenvalue weighted by Crippen LogP contribution is -2.45. The van der Waals surface area contributed by atoms with Gasteiger partial charge in [-0.1, -0.05) is 0 Å². The summed E-state index contributed by atoms with van der Waals surface area (Å²) in [6.07, 6.45) is -0.905. The summed E-state index contributed by atoms with van der Waals surface area (Å²) in [6, 6.07) is 7.07. The molecular formula is C21H28N6O5. The summed E-state index contributed by atoms with van der Waals surface area (Å²) in [5.41, 5.74) is -0.514. The van der Waals surface area contributed by atoms with Crippen molar-refractivity contribution >= 4 is 17.1 Å². The van der Waals surface area contributed by atoms with E-state index in [0.717, 1.165) is 26.2 Å². The predicted molar refractivity (Wildman–Crippen MR) is 120 cm³/mol. The quantitative estimate of drug-likeness (QED) is 0.507. The normalized spacial score (nSPS) is 15.8. The second-order valence-corrected chi connectivity index (χ2v) is 7.94. The highest BCUT2D eigenvalue weighted by Gasteiger charge is 2.25. The van der Waals surface area contributed by atoms with Crippen molar-refractivity contribution in [2.75, 3.05) is 51.8 Å². The highest BCUT2D eigenvalue weighted by atomic mass is 16.5. The Morgan fingerprint density at radius 3 is 2.41 bits per heavy atom. The lowest BCUT2D eigenvalue weighted by Gasteiger charge is -2.33. The van der Waals surface area contributed by atoms with E-state index in [2.05, 4.69) is 26.8 Å². The van der Waals surface area contributed by atoms with Crippen molar-refractivity contribution in [3.8, 4) is 11.5 Å². The Labute approximate surface area is 184 Å². The number of hydrogen-bond acceptors (Lipinski definition) is 8. The fourth-order valence-corrected chi connectivity index (χ4v) is 3.77. The third-order valence-corrected chi connectivity index (χ3v) is 5.67. The van der Waals surface area contributed by atoms with E-state index in [1.807, 2.05) is 0 Å². The summed E-state index contributed by atoms with van der Waals surface area (Å²) < 4.78 is 13.8. The van der Waals surface area contributed by atoms with E-state index in [4.69, 9.17) is 9.47 Å². The molecule has 0 spiro atoms. The number of nitrogens with one attached hydrogen (secondary N) is 1. The molecular weight excluding hydrogens is 416 g/mol. The molecule has 1 aliphatic rings. The molecule has 1 saturated heterocycles. The molecule has 172 valence electrons. The van der Waals surface area contributed by atoms with E-state index < -0.39 is 17.4 Å². The van der Waals surface area contributed by atoms with Gasteiger partial charge in [-0.3, -0.25) is 14.3 Å². The summed E-state index contributed by atoms with van der Waals surface area (Å²) >= 11 is 0. The van der Waals surface area contributed by atoms with E-state index in [-0.39, 0.29) is 24.3 Å². The van der Waals surface area contributed by atoms with Crippen LogP contribution in [0.1, 0.15) is 0 Å². The van der Waals surface area contributed by atoms with E-state index in [9.17, 15) is 14.7 Å². The zero-order chi connectivity index (χ0) is 22.8. The lowest BCUT2D eigenvalue weighted by atomic mass is 10.3. The molecule has 0 amide bonds. The number of ether oxygens (including phenoxy) is 2. The monoisotopic (exact) mass is 444 g/mol. The maximum absolute atomic E-state index is 12.7. The molecule has 0 unspecified atom stereocenters. The molecule has 11 heteroatoms. The molecule has 3 aromatic rings. The minimum Gasteiger partial charge on any atom is -0.497 e. The molecule has 4 rings (SSSR count). The number of aromatic nitrogens is 4. The number of rotatable bonds is 7. The van der Waals surface area contributed by atoms with Gasteiger partial charge in [-0.2, -0.15) is 4.98 Å². The van der Waals surface area contributed by atoms with E-state index >= 15 is 0 Å². The van der Waals surface area contributed by atoms with E-state index in [1.54, 1.807) is 43.0 Å². The summed E-state index contributed by atoms with van der Waals surface area (Å²) in [6.45, 7) is 3.27. The van der Waals surface area contributed by atoms with Crippen LogP contribution in [0.25, 0.3) is 11.2 Å². The number of H-pyrrole nitrogens is 1. The van der Waals surface area contributed by atoms with Gasteiger partial charge in [0.1, 0.15) is 24.2 Å². The number of aliphatic hydroxyl groups is 1. The maximum Gasteiger partial charge on any atom is 0.329 e. The van der Waals surface area contributed by atoms with Gasteiger partial charge in [0.2, 0.25) is 5.95 Å². The van der Waals surface area contributed by atoms with Crippen molar-refractivity contribution in [3.63, 3.8) is 0 Å². The van der Waals surface area contributed by atoms with Crippen LogP contribution in [0.2, 0.25) is 0 Å². The van der Waals surface area contributed by atoms with Gasteiger partial charge in [-0.25, -0.2) is 4.79 Å². The van der Waals surface area contributed by atoms with Crippen LogP contribution in [0.3, 0.4) is 0 Å². The van der Waals surface area contributed by atoms with Gasteiger partial charge in [-0.15, -0.1) is 0 Å². The van der Waals surface area contributed by atoms with Crippen molar-refractivity contribution in [3.05, 3.63) is 45.1 Å². The first-order valence-corrected chi connectivity index (χ1v) is 10.5. The highest BCUT2D eigenvalue weighted by molar-refractivity contribution is 5.74. The van der Waals surface area contributed by atoms with Crippen LogP contribution >= 0.6 is 0 Å². The molecule has 2 aromatic heterocycles. The van der Waals surface area contributed by atoms with Crippen LogP contribution in [-0.4, -0.2) is 82.2 Å². The zero-order valence-corrected chi connectivity index (χ0v) is 18.4. The van der Waals surface area contributed by atoms with Crippen LogP contribution in [-0.2, 0) is 13.6 Å². The van der Waals surface area contributed by atoms with Crippen LogP contribution in [0.5, 0.6) is 11.5 Å². The number of piperazine rings is 1. The van der Waals surface area contributed by atoms with Gasteiger partial charge >= 0.3 is 5.69 Å². The number of benzene rings is 1. The van der Waals surface area contributed by atoms with Crippen LogP contribution in [0.15, 0.2) is 33.9 Å². The number of anilines is 1. The smallest absolute Gasteiger partial charge is 0.329 e. The molecule has 0 saturated carbocycles. The first-order valence-electron chi connectivity index (χ1n) is 10.5. The number of imidazole rings is 1. The third kappa shape index (κ3) is 4.34. The van der Waals surface area contributed by atoms with Crippen molar-refractivity contribution in [2.45, 2.75) is 12.6 Å². The molecule has 32 heavy (non-hydrogen) atoms. The lowest BCUT2D eigenvalue weighted by molar-refractivity contribution is 0.0935. The van der Waals surface area contributed by atoms with Gasteiger partial charge in [-0.05, 0) is 31.3 Å². The van der Waals surface area contributed by atoms with Crippen molar-refractivity contribution in [2.24, 2.45) is 7.05 Å². The van der Waals surface area contributed by atoms with Crippen molar-refractivity contribution in [1.82, 2.24) is 24.0 Å². The molecule has 11 nitrogen and oxygen atoms in total. The van der Waals surface area contributed by atoms with Crippen LogP contribution in [0, 0.1) is 0 Å². The van der Waals surface area contributed by atoms with Gasteiger partial charge in [0.15, 0.2) is 11.2 Å². The molecule has 1 aliphatic heterocycles. The fraction of sp³-hybridized carbons (Fsp3) is 0.476. The van der Waals surface area contributed by atoms with Crippen LogP contribution in [0.4, 0.5) is 5.95 Å². The zero-order valence-electron chi connectivity index (χ0n) is 18.4. The van der Waals surface area contributed by atoms with Crippen LogP contribution < -0.4 is 25.6 Å². The Balaban J connectivity index is 1.62. The largest absolute Gasteiger partial charge is 0.497 e. The summed E-state index contributed by atoms with van der Waals surface area (Å²) in [7, 11) is 5.20. The number of aromatic amines is 1. The maximum atomic E-state index is 12.7. The number of fused-ring (bicyclic) bond motifs is 1. The second kappa shape index (κ2) is 9.05. The van der Waals surface area contributed by atoms with E-state index in [0.29, 0.717) is 17.4 Å². The van der Waals surface area contributed by atoms with Gasteiger partial charge in [0, 0.05) is 33.2 Å². The molecule has 1 atom stereocenters. The molecule has 0 radical (unpaired) electrons. The highest BCUT2D eigenvalue weighted by Crippen LogP contribution is 2.22. The molecule has 1 fully saturated rings. The molecule has 0 bridgehead atoms. The number of aliphatic hydroxyl groups excluding tert-OH is 1. The summed E-state index contributed by atoms with van der Waals surface area (Å²) in [4.78, 5) is 36.0. The summed E-state index contributed by atoms with van der Waals surface area (Å²) in [5, 5.41) is 10.7. The standard InChI is InChI=1S/C21H28N6O5/c1-24-8-10-26(11-9-24)20-22-18-17(19(29)23-21(30)25(18)2)27(20)12-14(28)13-32-16-6-4-15(31-3)5-7-16/h4-7,14,28H,8-13H2,1-3H3,(H,23,29,30)/t14-/m0/s1. The van der Waals surface area contributed by atoms with E-state index in [1.165, 1.54) is 4.57 Å². The second-order valence-electron chi connectivity index (χ2n) is 7.94. The Morgan fingerprint density at radius 1 is 1.09 bits per heavy atom. The first kappa shape index (κ1) is 21.9. The Morgan fingerprint density at radius 2 is 1.75 bits per heavy atom. The molecule has 2 N–H and O–H groups in total. The number of nitrogens with zero attached hydrogens (tertiary/aromatic N) is 5. The van der Waals surface area contributed by atoms with Crippen molar-refractivity contribution < 1.29 is 14.6 Å². The van der Waals surface area contributed by atoms with Gasteiger partial charge < -0.3 is 28.9 Å². The van der Waals surface area contributed by atoms with Crippen molar-refractivity contribution in [1.29, 1.82) is 0 Å². The number of aryl methyl sites for hydroxylation is 1. The Kier molecular flexibility index (Phi) is 6.19. The third-order valence-electron chi connectivity index (χ3n) is 5.67. The molecule has 1 aromatic carbocycles. The summed E-state index contributed by atoms with van der Waals surface area (Å²) in [5.74, 6) is 1.87. The number of methoxy groups -OCH3 is 1. The number of likely N-dealkylation sites (N-methyl/N-ethyl adjacent to an activating group) is 1. The van der Waals surface area contributed by atoms with Gasteiger partial charge in [0.05, 0.1) is 13.7 Å². The number of hydrogen-bond donors (Lipinski definition) is 2. The fourth-order valence-electron chi connectivity index (χ4n) is 3.77. The Hall–Kier alpha value is -3.31. The Bertz CT molecular complexity index is 1190. The minimum absolute atomic E-state index is 0.0256. The average molecular weight is 444 g/mol. The SMILES string of the molecule is COc1ccc(OC[C@@H](O)Cn2c(N3CCN(C)CC3)nc3c2c(=O)[nH]c(=O)n3C)cc1. The van der Waals surface area contributed by atoms with Gasteiger partial charge in [0.25, 0.3) is 5.56 Å². The predicted octanol–water partition coefficient (Wildman–Crippen LogP) is -0.376. The average Bonchev–Trinajstić information content (AvgIpc) is 3.16.